The minimum absolute atomic E-state index is 0.300. The molecule has 2 amide bonds. The lowest BCUT2D eigenvalue weighted by Gasteiger charge is -2.21. The van der Waals surface area contributed by atoms with E-state index in [4.69, 9.17) is 16.7 Å². The SMILES string of the molecule is Cc1ccc(Cl)c(NC(=O)N(CC(=O)O)CC2CC2)c1. The number of carbonyl (C=O) groups excluding carboxylic acids is 1. The van der Waals surface area contributed by atoms with Gasteiger partial charge in [-0.15, -0.1) is 0 Å². The molecule has 0 aliphatic heterocycles. The highest BCUT2D eigenvalue weighted by Gasteiger charge is 2.28. The molecule has 0 aromatic heterocycles. The first-order chi connectivity index (χ1) is 9.45. The third kappa shape index (κ3) is 4.13. The number of rotatable bonds is 5. The van der Waals surface area contributed by atoms with Gasteiger partial charge in [0.05, 0.1) is 10.7 Å². The van der Waals surface area contributed by atoms with E-state index in [1.54, 1.807) is 12.1 Å². The topological polar surface area (TPSA) is 69.6 Å². The van der Waals surface area contributed by atoms with E-state index in [9.17, 15) is 9.59 Å². The van der Waals surface area contributed by atoms with Crippen molar-refractivity contribution in [3.63, 3.8) is 0 Å². The zero-order valence-electron chi connectivity index (χ0n) is 11.2. The van der Waals surface area contributed by atoms with Crippen molar-refractivity contribution in [2.45, 2.75) is 19.8 Å². The van der Waals surface area contributed by atoms with E-state index < -0.39 is 12.0 Å². The second-order valence-electron chi connectivity index (χ2n) is 5.13. The van der Waals surface area contributed by atoms with Gasteiger partial charge >= 0.3 is 12.0 Å². The van der Waals surface area contributed by atoms with Crippen molar-refractivity contribution in [3.8, 4) is 0 Å². The Morgan fingerprint density at radius 1 is 1.45 bits per heavy atom. The Morgan fingerprint density at radius 2 is 2.15 bits per heavy atom. The van der Waals surface area contributed by atoms with Crippen LogP contribution in [0.5, 0.6) is 0 Å². The predicted molar refractivity (Wildman–Crippen MR) is 77.1 cm³/mol. The number of carbonyl (C=O) groups is 2. The molecule has 5 nitrogen and oxygen atoms in total. The quantitative estimate of drug-likeness (QED) is 0.877. The fourth-order valence-electron chi connectivity index (χ4n) is 1.92. The molecule has 0 atom stereocenters. The van der Waals surface area contributed by atoms with Crippen LogP contribution in [-0.4, -0.2) is 35.1 Å². The molecule has 20 heavy (non-hydrogen) atoms. The van der Waals surface area contributed by atoms with Crippen molar-refractivity contribution in [1.82, 2.24) is 4.90 Å². The molecule has 0 bridgehead atoms. The van der Waals surface area contributed by atoms with Gasteiger partial charge in [-0.25, -0.2) is 4.79 Å². The van der Waals surface area contributed by atoms with Crippen LogP contribution in [0.15, 0.2) is 18.2 Å². The lowest BCUT2D eigenvalue weighted by Crippen LogP contribution is -2.40. The van der Waals surface area contributed by atoms with Crippen LogP contribution in [0.4, 0.5) is 10.5 Å². The summed E-state index contributed by atoms with van der Waals surface area (Å²) in [5.74, 6) is -0.593. The molecule has 6 heteroatoms. The first kappa shape index (κ1) is 14.7. The summed E-state index contributed by atoms with van der Waals surface area (Å²) in [4.78, 5) is 24.3. The molecular formula is C14H17ClN2O3. The molecule has 1 aromatic rings. The maximum Gasteiger partial charge on any atom is 0.323 e. The molecule has 0 heterocycles. The van der Waals surface area contributed by atoms with E-state index >= 15 is 0 Å². The molecule has 2 N–H and O–H groups in total. The Bertz CT molecular complexity index is 529. The lowest BCUT2D eigenvalue weighted by atomic mass is 10.2. The molecule has 0 unspecified atom stereocenters. The number of halogens is 1. The summed E-state index contributed by atoms with van der Waals surface area (Å²) in [6.07, 6.45) is 2.10. The van der Waals surface area contributed by atoms with Crippen molar-refractivity contribution >= 4 is 29.3 Å². The molecule has 0 saturated heterocycles. The van der Waals surface area contributed by atoms with Crippen molar-refractivity contribution in [2.24, 2.45) is 5.92 Å². The summed E-state index contributed by atoms with van der Waals surface area (Å²) < 4.78 is 0. The smallest absolute Gasteiger partial charge is 0.323 e. The molecule has 1 aliphatic carbocycles. The number of hydrogen-bond donors (Lipinski definition) is 2. The average Bonchev–Trinajstić information content (AvgIpc) is 3.16. The second-order valence-corrected chi connectivity index (χ2v) is 5.54. The van der Waals surface area contributed by atoms with Crippen molar-refractivity contribution < 1.29 is 14.7 Å². The molecule has 2 rings (SSSR count). The van der Waals surface area contributed by atoms with Crippen molar-refractivity contribution in [3.05, 3.63) is 28.8 Å². The number of aliphatic carboxylic acids is 1. The van der Waals surface area contributed by atoms with E-state index in [-0.39, 0.29) is 6.54 Å². The predicted octanol–water partition coefficient (Wildman–Crippen LogP) is 2.98. The summed E-state index contributed by atoms with van der Waals surface area (Å²) in [7, 11) is 0. The van der Waals surface area contributed by atoms with Gasteiger partial charge < -0.3 is 15.3 Å². The highest BCUT2D eigenvalue weighted by molar-refractivity contribution is 6.33. The standard InChI is InChI=1S/C14H17ClN2O3/c1-9-2-5-11(15)12(6-9)16-14(20)17(8-13(18)19)7-10-3-4-10/h2,5-6,10H,3-4,7-8H2,1H3,(H,16,20)(H,18,19). The maximum atomic E-state index is 12.2. The maximum absolute atomic E-state index is 12.2. The van der Waals surface area contributed by atoms with E-state index in [0.717, 1.165) is 18.4 Å². The first-order valence-electron chi connectivity index (χ1n) is 6.49. The first-order valence-corrected chi connectivity index (χ1v) is 6.87. The van der Waals surface area contributed by atoms with Crippen LogP contribution < -0.4 is 5.32 Å². The normalized spacial score (nSPS) is 13.9. The van der Waals surface area contributed by atoms with E-state index in [1.165, 1.54) is 4.90 Å². The van der Waals surface area contributed by atoms with Gasteiger partial charge in [-0.2, -0.15) is 0 Å². The number of amides is 2. The van der Waals surface area contributed by atoms with Crippen LogP contribution in [0, 0.1) is 12.8 Å². The number of anilines is 1. The highest BCUT2D eigenvalue weighted by Crippen LogP contribution is 2.30. The fraction of sp³-hybridized carbons (Fsp3) is 0.429. The molecule has 1 aliphatic rings. The summed E-state index contributed by atoms with van der Waals surface area (Å²) in [6, 6.07) is 4.88. The number of hydrogen-bond acceptors (Lipinski definition) is 2. The van der Waals surface area contributed by atoms with Gasteiger partial charge in [-0.3, -0.25) is 4.79 Å². The number of aryl methyl sites for hydroxylation is 1. The number of nitrogens with zero attached hydrogens (tertiary/aromatic N) is 1. The van der Waals surface area contributed by atoms with Gasteiger partial charge in [-0.05, 0) is 43.4 Å². The Balaban J connectivity index is 2.06. The zero-order chi connectivity index (χ0) is 14.7. The average molecular weight is 297 g/mol. The van der Waals surface area contributed by atoms with Crippen molar-refractivity contribution in [1.29, 1.82) is 0 Å². The van der Waals surface area contributed by atoms with Gasteiger partial charge in [0.1, 0.15) is 6.54 Å². The largest absolute Gasteiger partial charge is 0.480 e. The molecular weight excluding hydrogens is 280 g/mol. The number of carboxylic acids is 1. The Hall–Kier alpha value is -1.75. The number of urea groups is 1. The minimum Gasteiger partial charge on any atom is -0.480 e. The van der Waals surface area contributed by atoms with Gasteiger partial charge in [0, 0.05) is 6.54 Å². The second kappa shape index (κ2) is 6.13. The monoisotopic (exact) mass is 296 g/mol. The Kier molecular flexibility index (Phi) is 4.49. The Labute approximate surface area is 122 Å². The van der Waals surface area contributed by atoms with E-state index in [0.29, 0.717) is 23.2 Å². The third-order valence-corrected chi connectivity index (χ3v) is 3.48. The van der Waals surface area contributed by atoms with Crippen LogP contribution >= 0.6 is 11.6 Å². The molecule has 1 saturated carbocycles. The summed E-state index contributed by atoms with van der Waals surface area (Å²) in [5.41, 5.74) is 1.47. The third-order valence-electron chi connectivity index (χ3n) is 3.15. The fourth-order valence-corrected chi connectivity index (χ4v) is 2.09. The van der Waals surface area contributed by atoms with Crippen molar-refractivity contribution in [2.75, 3.05) is 18.4 Å². The van der Waals surface area contributed by atoms with Crippen LogP contribution in [0.3, 0.4) is 0 Å². The highest BCUT2D eigenvalue weighted by atomic mass is 35.5. The van der Waals surface area contributed by atoms with Crippen LogP contribution in [-0.2, 0) is 4.79 Å². The van der Waals surface area contributed by atoms with Gasteiger partial charge in [0.2, 0.25) is 0 Å². The van der Waals surface area contributed by atoms with Crippen LogP contribution in [0.1, 0.15) is 18.4 Å². The van der Waals surface area contributed by atoms with Gasteiger partial charge in [-0.1, -0.05) is 17.7 Å². The molecule has 1 fully saturated rings. The molecule has 1 aromatic carbocycles. The molecule has 0 spiro atoms. The van der Waals surface area contributed by atoms with E-state index in [1.807, 2.05) is 13.0 Å². The van der Waals surface area contributed by atoms with E-state index in [2.05, 4.69) is 5.32 Å². The summed E-state index contributed by atoms with van der Waals surface area (Å²) >= 11 is 6.02. The Morgan fingerprint density at radius 3 is 2.75 bits per heavy atom. The zero-order valence-corrected chi connectivity index (χ0v) is 12.0. The number of benzene rings is 1. The summed E-state index contributed by atoms with van der Waals surface area (Å²) in [5, 5.41) is 12.0. The lowest BCUT2D eigenvalue weighted by molar-refractivity contribution is -0.137. The molecule has 108 valence electrons. The summed E-state index contributed by atoms with van der Waals surface area (Å²) in [6.45, 7) is 2.07. The number of nitrogens with one attached hydrogen (secondary N) is 1. The minimum atomic E-state index is -1.02. The van der Waals surface area contributed by atoms with Crippen LogP contribution in [0.2, 0.25) is 5.02 Å². The molecule has 0 radical (unpaired) electrons. The van der Waals surface area contributed by atoms with Gasteiger partial charge in [0.15, 0.2) is 0 Å². The van der Waals surface area contributed by atoms with Gasteiger partial charge in [0.25, 0.3) is 0 Å². The van der Waals surface area contributed by atoms with Crippen LogP contribution in [0.25, 0.3) is 0 Å². The number of carboxylic acid groups (broad SMARTS) is 1.